The van der Waals surface area contributed by atoms with E-state index in [0.717, 1.165) is 11.3 Å². The van der Waals surface area contributed by atoms with Crippen LogP contribution in [0.3, 0.4) is 0 Å². The number of thioether (sulfide) groups is 1. The fraction of sp³-hybridized carbons (Fsp3) is 0.143. The molecule has 19 heavy (non-hydrogen) atoms. The smallest absolute Gasteiger partial charge is 0.265 e. The van der Waals surface area contributed by atoms with Crippen molar-refractivity contribution in [1.82, 2.24) is 4.90 Å². The number of benzene rings is 1. The molecule has 1 heterocycles. The molecule has 0 bridgehead atoms. The fourth-order valence-electron chi connectivity index (χ4n) is 1.55. The number of carbonyl (C=O) groups is 1. The minimum absolute atomic E-state index is 0.0626. The Kier molecular flexibility index (Phi) is 4.39. The van der Waals surface area contributed by atoms with Crippen LogP contribution in [0.5, 0.6) is 5.75 Å². The Balaban J connectivity index is 2.21. The van der Waals surface area contributed by atoms with Gasteiger partial charge in [0.25, 0.3) is 5.91 Å². The molecule has 0 spiro atoms. The lowest BCUT2D eigenvalue weighted by molar-refractivity contribution is -0.121. The van der Waals surface area contributed by atoms with Gasteiger partial charge in [-0.3, -0.25) is 9.69 Å². The van der Waals surface area contributed by atoms with Crippen molar-refractivity contribution in [2.24, 2.45) is 0 Å². The summed E-state index contributed by atoms with van der Waals surface area (Å²) in [6.45, 7) is 4.06. The lowest BCUT2D eigenvalue weighted by Crippen LogP contribution is -2.22. The highest BCUT2D eigenvalue weighted by Crippen LogP contribution is 2.31. The van der Waals surface area contributed by atoms with Gasteiger partial charge >= 0.3 is 0 Å². The van der Waals surface area contributed by atoms with Gasteiger partial charge in [-0.25, -0.2) is 0 Å². The van der Waals surface area contributed by atoms with Crippen LogP contribution in [0.2, 0.25) is 0 Å². The molecule has 1 aliphatic heterocycles. The summed E-state index contributed by atoms with van der Waals surface area (Å²) in [6, 6.07) is 7.55. The summed E-state index contributed by atoms with van der Waals surface area (Å²) in [5.41, 5.74) is 0.913. The van der Waals surface area contributed by atoms with Gasteiger partial charge in [-0.1, -0.05) is 48.8 Å². The van der Waals surface area contributed by atoms with E-state index < -0.39 is 0 Å². The maximum Gasteiger partial charge on any atom is 0.265 e. The van der Waals surface area contributed by atoms with E-state index >= 15 is 0 Å². The quantitative estimate of drug-likeness (QED) is 0.484. The number of ether oxygens (including phenoxy) is 1. The van der Waals surface area contributed by atoms with Gasteiger partial charge in [0.15, 0.2) is 0 Å². The van der Waals surface area contributed by atoms with Crippen molar-refractivity contribution in [3.05, 3.63) is 47.4 Å². The predicted molar refractivity (Wildman–Crippen MR) is 83.1 cm³/mol. The van der Waals surface area contributed by atoms with Crippen molar-refractivity contribution < 1.29 is 9.53 Å². The third-order valence-corrected chi connectivity index (χ3v) is 3.99. The molecule has 5 heteroatoms. The standard InChI is InChI=1S/C14H13NO2S2/c1-3-7-17-11-6-4-5-10(8-11)9-12-13(16)15(2)14(18)19-12/h3-6,8-9H,1,7H2,2H3/b12-9-. The van der Waals surface area contributed by atoms with Gasteiger partial charge in [-0.05, 0) is 23.8 Å². The first-order valence-corrected chi connectivity index (χ1v) is 6.89. The topological polar surface area (TPSA) is 29.5 Å². The summed E-state index contributed by atoms with van der Waals surface area (Å²) >= 11 is 6.40. The average Bonchev–Trinajstić information content (AvgIpc) is 2.64. The molecule has 0 aromatic heterocycles. The molecular formula is C14H13NO2S2. The Bertz CT molecular complexity index is 566. The molecule has 2 rings (SSSR count). The van der Waals surface area contributed by atoms with E-state index in [1.165, 1.54) is 16.7 Å². The second-order valence-corrected chi connectivity index (χ2v) is 5.59. The normalized spacial score (nSPS) is 17.1. The van der Waals surface area contributed by atoms with Crippen LogP contribution >= 0.6 is 24.0 Å². The van der Waals surface area contributed by atoms with Gasteiger partial charge in [-0.15, -0.1) is 0 Å². The van der Waals surface area contributed by atoms with Crippen LogP contribution in [0.25, 0.3) is 6.08 Å². The molecule has 0 atom stereocenters. The third-order valence-electron chi connectivity index (χ3n) is 2.51. The zero-order valence-corrected chi connectivity index (χ0v) is 12.1. The molecule has 1 amide bonds. The van der Waals surface area contributed by atoms with Gasteiger partial charge in [0.2, 0.25) is 0 Å². The number of rotatable bonds is 4. The molecule has 0 radical (unpaired) electrons. The van der Waals surface area contributed by atoms with E-state index in [1.54, 1.807) is 13.1 Å². The molecule has 1 aliphatic rings. The average molecular weight is 291 g/mol. The number of thiocarbonyl (C=S) groups is 1. The van der Waals surface area contributed by atoms with Gasteiger partial charge in [-0.2, -0.15) is 0 Å². The van der Waals surface area contributed by atoms with Crippen molar-refractivity contribution in [2.45, 2.75) is 0 Å². The summed E-state index contributed by atoms with van der Waals surface area (Å²) in [7, 11) is 1.68. The molecule has 98 valence electrons. The maximum atomic E-state index is 11.9. The maximum absolute atomic E-state index is 11.9. The number of amides is 1. The summed E-state index contributed by atoms with van der Waals surface area (Å²) in [5, 5.41) is 0. The van der Waals surface area contributed by atoms with Crippen LogP contribution in [0.1, 0.15) is 5.56 Å². The minimum Gasteiger partial charge on any atom is -0.490 e. The summed E-state index contributed by atoms with van der Waals surface area (Å²) in [6.07, 6.45) is 3.51. The molecule has 1 fully saturated rings. The molecule has 1 aromatic carbocycles. The van der Waals surface area contributed by atoms with Crippen LogP contribution < -0.4 is 4.74 Å². The summed E-state index contributed by atoms with van der Waals surface area (Å²) < 4.78 is 6.03. The SMILES string of the molecule is C=CCOc1cccc(/C=C2\SC(=S)N(C)C2=O)c1. The molecule has 1 saturated heterocycles. The summed E-state index contributed by atoms with van der Waals surface area (Å²) in [4.78, 5) is 14.0. The lowest BCUT2D eigenvalue weighted by atomic mass is 10.2. The Labute approximate surface area is 121 Å². The van der Waals surface area contributed by atoms with Crippen LogP contribution in [0.4, 0.5) is 0 Å². The van der Waals surface area contributed by atoms with Crippen molar-refractivity contribution >= 4 is 40.3 Å². The lowest BCUT2D eigenvalue weighted by Gasteiger charge is -2.04. The Hall–Kier alpha value is -1.59. The van der Waals surface area contributed by atoms with E-state index in [2.05, 4.69) is 6.58 Å². The first-order chi connectivity index (χ1) is 9.11. The molecule has 0 saturated carbocycles. The van der Waals surface area contributed by atoms with Crippen molar-refractivity contribution in [3.63, 3.8) is 0 Å². The molecule has 0 unspecified atom stereocenters. The van der Waals surface area contributed by atoms with E-state index in [1.807, 2.05) is 30.3 Å². The highest BCUT2D eigenvalue weighted by atomic mass is 32.2. The van der Waals surface area contributed by atoms with Gasteiger partial charge in [0.05, 0.1) is 4.91 Å². The van der Waals surface area contributed by atoms with Gasteiger partial charge in [0.1, 0.15) is 16.7 Å². The van der Waals surface area contributed by atoms with E-state index in [9.17, 15) is 4.79 Å². The number of hydrogen-bond donors (Lipinski definition) is 0. The first-order valence-electron chi connectivity index (χ1n) is 5.67. The van der Waals surface area contributed by atoms with E-state index in [0.29, 0.717) is 15.8 Å². The van der Waals surface area contributed by atoms with Crippen LogP contribution in [0, 0.1) is 0 Å². The van der Waals surface area contributed by atoms with Gasteiger partial charge < -0.3 is 4.74 Å². The second kappa shape index (κ2) is 6.04. The molecule has 0 N–H and O–H groups in total. The number of carbonyl (C=O) groups excluding carboxylic acids is 1. The van der Waals surface area contributed by atoms with Crippen molar-refractivity contribution in [3.8, 4) is 5.75 Å². The van der Waals surface area contributed by atoms with Crippen LogP contribution in [0.15, 0.2) is 41.8 Å². The first kappa shape index (κ1) is 13.8. The molecule has 3 nitrogen and oxygen atoms in total. The minimum atomic E-state index is -0.0626. The van der Waals surface area contributed by atoms with E-state index in [4.69, 9.17) is 17.0 Å². The van der Waals surface area contributed by atoms with Gasteiger partial charge in [0, 0.05) is 7.05 Å². The molecule has 0 aliphatic carbocycles. The number of nitrogens with zero attached hydrogens (tertiary/aromatic N) is 1. The van der Waals surface area contributed by atoms with Crippen LogP contribution in [-0.2, 0) is 4.79 Å². The Morgan fingerprint density at radius 2 is 2.32 bits per heavy atom. The molecule has 1 aromatic rings. The number of likely N-dealkylation sites (N-methyl/N-ethyl adjacent to an activating group) is 1. The zero-order valence-electron chi connectivity index (χ0n) is 10.5. The highest BCUT2D eigenvalue weighted by Gasteiger charge is 2.28. The largest absolute Gasteiger partial charge is 0.490 e. The number of hydrogen-bond acceptors (Lipinski definition) is 4. The zero-order chi connectivity index (χ0) is 13.8. The Morgan fingerprint density at radius 1 is 1.53 bits per heavy atom. The monoisotopic (exact) mass is 291 g/mol. The van der Waals surface area contributed by atoms with E-state index in [-0.39, 0.29) is 5.91 Å². The fourth-order valence-corrected chi connectivity index (χ4v) is 2.73. The Morgan fingerprint density at radius 3 is 2.95 bits per heavy atom. The van der Waals surface area contributed by atoms with Crippen molar-refractivity contribution in [2.75, 3.05) is 13.7 Å². The highest BCUT2D eigenvalue weighted by molar-refractivity contribution is 8.26. The summed E-state index contributed by atoms with van der Waals surface area (Å²) in [5.74, 6) is 0.688. The van der Waals surface area contributed by atoms with Crippen LogP contribution in [-0.4, -0.2) is 28.8 Å². The molecular weight excluding hydrogens is 278 g/mol. The second-order valence-electron chi connectivity index (χ2n) is 3.91. The third kappa shape index (κ3) is 3.24. The van der Waals surface area contributed by atoms with Crippen molar-refractivity contribution in [1.29, 1.82) is 0 Å². The predicted octanol–water partition coefficient (Wildman–Crippen LogP) is 3.08.